The Balaban J connectivity index is 0.802. The van der Waals surface area contributed by atoms with Crippen LogP contribution in [0.5, 0.6) is 5.75 Å². The minimum Gasteiger partial charge on any atom is -0.490 e. The van der Waals surface area contributed by atoms with Crippen LogP contribution in [-0.4, -0.2) is 93.5 Å². The van der Waals surface area contributed by atoms with Crippen molar-refractivity contribution in [3.05, 3.63) is 75.9 Å². The number of aromatic nitrogens is 4. The van der Waals surface area contributed by atoms with E-state index < -0.39 is 29.7 Å². The standard InChI is InChI=1S/C41H46FN9O5S/c1-24(2)56-35-20-31-36(18-28(35)38(53)44-30-4-3-12-49(40(30)54)33-19-29(33)42)57-39(45-31)26-7-5-25(6-8-26)22-47-14-16-48(17-15-47)27-9-10-32-34(21-43-51(32)23-27)50-13-11-37(52)46-41(50)55/h3-4,9-10,12,18,20-21,23-26,29,33H,5-8,11,13-17,19,22H2,1-2H3,(H,44,53)(H,46,52,55)/t25?,26?,29-,33+/m1/s1. The van der Waals surface area contributed by atoms with Crippen LogP contribution < -0.4 is 30.7 Å². The molecule has 0 bridgehead atoms. The highest BCUT2D eigenvalue weighted by Gasteiger charge is 2.40. The van der Waals surface area contributed by atoms with Gasteiger partial charge in [0, 0.05) is 70.3 Å². The summed E-state index contributed by atoms with van der Waals surface area (Å²) in [5.74, 6) is 0.688. The third-order valence-electron chi connectivity index (χ3n) is 11.6. The molecule has 57 heavy (non-hydrogen) atoms. The summed E-state index contributed by atoms with van der Waals surface area (Å²) in [6.45, 7) is 9.03. The van der Waals surface area contributed by atoms with Gasteiger partial charge in [0.15, 0.2) is 0 Å². The van der Waals surface area contributed by atoms with E-state index in [1.54, 1.807) is 40.8 Å². The highest BCUT2D eigenvalue weighted by atomic mass is 32.1. The number of hydrogen-bond donors (Lipinski definition) is 2. The largest absolute Gasteiger partial charge is 0.490 e. The molecule has 0 radical (unpaired) electrons. The lowest BCUT2D eigenvalue weighted by atomic mass is 9.82. The van der Waals surface area contributed by atoms with Crippen LogP contribution in [0, 0.1) is 5.92 Å². The molecule has 2 N–H and O–H groups in total. The summed E-state index contributed by atoms with van der Waals surface area (Å²) < 4.78 is 23.9. The van der Waals surface area contributed by atoms with Gasteiger partial charge in [0.1, 0.15) is 17.6 Å². The highest BCUT2D eigenvalue weighted by Crippen LogP contribution is 2.41. The molecular formula is C41H46FN9O5S. The third kappa shape index (κ3) is 7.59. The number of halogens is 1. The zero-order valence-corrected chi connectivity index (χ0v) is 32.8. The molecule has 4 aromatic heterocycles. The van der Waals surface area contributed by atoms with Crippen molar-refractivity contribution >= 4 is 62.0 Å². The number of urea groups is 1. The van der Waals surface area contributed by atoms with Gasteiger partial charge in [-0.25, -0.2) is 18.7 Å². The van der Waals surface area contributed by atoms with E-state index in [1.807, 2.05) is 42.8 Å². The first-order valence-corrected chi connectivity index (χ1v) is 20.7. The number of hydrogen-bond acceptors (Lipinski definition) is 10. The average Bonchev–Trinajstić information content (AvgIpc) is 3.55. The summed E-state index contributed by atoms with van der Waals surface area (Å²) in [6, 6.07) is 10.0. The molecule has 2 atom stereocenters. The van der Waals surface area contributed by atoms with Crippen molar-refractivity contribution in [3.8, 4) is 5.75 Å². The second kappa shape index (κ2) is 15.2. The molecule has 0 unspecified atom stereocenters. The predicted octanol–water partition coefficient (Wildman–Crippen LogP) is 5.97. The predicted molar refractivity (Wildman–Crippen MR) is 217 cm³/mol. The Labute approximate surface area is 332 Å². The number of carbonyl (C=O) groups excluding carboxylic acids is 3. The first kappa shape index (κ1) is 37.2. The van der Waals surface area contributed by atoms with Crippen molar-refractivity contribution in [2.75, 3.05) is 54.4 Å². The van der Waals surface area contributed by atoms with E-state index in [1.165, 1.54) is 4.57 Å². The Morgan fingerprint density at radius 3 is 2.58 bits per heavy atom. The number of nitrogens with one attached hydrogen (secondary N) is 2. The number of alkyl halides is 1. The molecule has 4 amide bonds. The van der Waals surface area contributed by atoms with Gasteiger partial charge in [-0.05, 0) is 75.8 Å². The van der Waals surface area contributed by atoms with Crippen LogP contribution in [0.25, 0.3) is 15.7 Å². The molecule has 2 saturated carbocycles. The van der Waals surface area contributed by atoms with E-state index in [9.17, 15) is 23.6 Å². The summed E-state index contributed by atoms with van der Waals surface area (Å²) in [4.78, 5) is 62.2. The Morgan fingerprint density at radius 2 is 1.84 bits per heavy atom. The van der Waals surface area contributed by atoms with E-state index in [2.05, 4.69) is 31.6 Å². The van der Waals surface area contributed by atoms with Gasteiger partial charge in [0.05, 0.1) is 62.2 Å². The highest BCUT2D eigenvalue weighted by molar-refractivity contribution is 7.18. The minimum atomic E-state index is -1.04. The SMILES string of the molecule is CC(C)Oc1cc2nc(C3CCC(CN4CCN(c5ccc6c(N7CCC(=O)NC7=O)cnn6c5)CC4)CC3)sc2cc1C(=O)Nc1cccn([C@H]2C[C@H]2F)c1=O. The maximum Gasteiger partial charge on any atom is 0.328 e. The summed E-state index contributed by atoms with van der Waals surface area (Å²) in [5.41, 5.74) is 3.42. The smallest absolute Gasteiger partial charge is 0.328 e. The number of fused-ring (bicyclic) bond motifs is 2. The molecular weight excluding hydrogens is 750 g/mol. The number of piperazine rings is 1. The van der Waals surface area contributed by atoms with E-state index >= 15 is 0 Å². The van der Waals surface area contributed by atoms with Gasteiger partial charge >= 0.3 is 6.03 Å². The summed E-state index contributed by atoms with van der Waals surface area (Å²) in [5, 5.41) is 10.7. The third-order valence-corrected chi connectivity index (χ3v) is 12.8. The Bertz CT molecular complexity index is 2410. The van der Waals surface area contributed by atoms with E-state index in [4.69, 9.17) is 9.72 Å². The lowest BCUT2D eigenvalue weighted by Crippen LogP contribution is -2.49. The van der Waals surface area contributed by atoms with Crippen molar-refractivity contribution in [2.45, 2.75) is 76.6 Å². The number of thiazole rings is 1. The average molecular weight is 796 g/mol. The zero-order valence-electron chi connectivity index (χ0n) is 32.0. The molecule has 9 rings (SSSR count). The fraction of sp³-hybridized carbons (Fsp3) is 0.463. The van der Waals surface area contributed by atoms with Gasteiger partial charge in [-0.3, -0.25) is 29.5 Å². The molecule has 298 valence electrons. The summed E-state index contributed by atoms with van der Waals surface area (Å²) in [7, 11) is 0. The summed E-state index contributed by atoms with van der Waals surface area (Å²) >= 11 is 1.62. The van der Waals surface area contributed by atoms with Crippen LogP contribution in [-0.2, 0) is 4.79 Å². The molecule has 2 saturated heterocycles. The van der Waals surface area contributed by atoms with Gasteiger partial charge in [-0.1, -0.05) is 0 Å². The molecule has 0 spiro atoms. The van der Waals surface area contributed by atoms with E-state index in [0.717, 1.165) is 84.8 Å². The molecule has 1 aromatic carbocycles. The molecule has 2 aliphatic carbocycles. The lowest BCUT2D eigenvalue weighted by Gasteiger charge is -2.38. The Kier molecular flexibility index (Phi) is 9.93. The number of imide groups is 1. The second-order valence-corrected chi connectivity index (χ2v) is 17.0. The minimum absolute atomic E-state index is 0.107. The monoisotopic (exact) mass is 795 g/mol. The first-order chi connectivity index (χ1) is 27.6. The van der Waals surface area contributed by atoms with E-state index in [0.29, 0.717) is 41.8 Å². The van der Waals surface area contributed by atoms with Gasteiger partial charge in [0.25, 0.3) is 11.5 Å². The van der Waals surface area contributed by atoms with Crippen molar-refractivity contribution in [2.24, 2.45) is 5.92 Å². The van der Waals surface area contributed by atoms with Crippen LogP contribution in [0.15, 0.2) is 59.8 Å². The molecule has 2 aliphatic heterocycles. The maximum atomic E-state index is 13.7. The number of amides is 4. The molecule has 5 aromatic rings. The zero-order chi connectivity index (χ0) is 39.4. The number of nitrogens with zero attached hydrogens (tertiary/aromatic N) is 7. The van der Waals surface area contributed by atoms with Gasteiger partial charge in [-0.15, -0.1) is 11.3 Å². The number of benzene rings is 1. The van der Waals surface area contributed by atoms with Crippen molar-refractivity contribution in [1.29, 1.82) is 0 Å². The Hall–Kier alpha value is -5.35. The number of anilines is 3. The molecule has 4 fully saturated rings. The van der Waals surface area contributed by atoms with Crippen molar-refractivity contribution in [3.63, 3.8) is 0 Å². The van der Waals surface area contributed by atoms with Crippen LogP contribution in [0.2, 0.25) is 0 Å². The number of pyridine rings is 2. The molecule has 16 heteroatoms. The maximum absolute atomic E-state index is 13.7. The Morgan fingerprint density at radius 1 is 1.05 bits per heavy atom. The van der Waals surface area contributed by atoms with Gasteiger partial charge in [-0.2, -0.15) is 5.10 Å². The molecule has 14 nitrogen and oxygen atoms in total. The number of ether oxygens (including phenoxy) is 1. The number of carbonyl (C=O) groups is 3. The van der Waals surface area contributed by atoms with Crippen LogP contribution in [0.3, 0.4) is 0 Å². The first-order valence-electron chi connectivity index (χ1n) is 19.9. The number of rotatable bonds is 10. The fourth-order valence-corrected chi connectivity index (χ4v) is 9.62. The van der Waals surface area contributed by atoms with Crippen LogP contribution >= 0.6 is 11.3 Å². The molecule has 4 aliphatic rings. The topological polar surface area (TPSA) is 146 Å². The second-order valence-electron chi connectivity index (χ2n) is 15.9. The fourth-order valence-electron chi connectivity index (χ4n) is 8.47. The van der Waals surface area contributed by atoms with Gasteiger partial charge in [0.2, 0.25) is 5.91 Å². The van der Waals surface area contributed by atoms with Crippen LogP contribution in [0.4, 0.5) is 26.2 Å². The quantitative estimate of drug-likeness (QED) is 0.175. The lowest BCUT2D eigenvalue weighted by molar-refractivity contribution is -0.120. The van der Waals surface area contributed by atoms with Crippen molar-refractivity contribution in [1.82, 2.24) is 29.4 Å². The normalized spacial score (nSPS) is 23.0. The van der Waals surface area contributed by atoms with Crippen molar-refractivity contribution < 1.29 is 23.5 Å². The summed E-state index contributed by atoms with van der Waals surface area (Å²) in [6.07, 6.45) is 9.01. The van der Waals surface area contributed by atoms with Gasteiger partial charge < -0.3 is 19.5 Å². The van der Waals surface area contributed by atoms with Crippen LogP contribution in [0.1, 0.15) is 79.7 Å². The van der Waals surface area contributed by atoms with E-state index in [-0.39, 0.29) is 24.1 Å². The molecule has 6 heterocycles.